The van der Waals surface area contributed by atoms with Crippen molar-refractivity contribution in [2.75, 3.05) is 37.5 Å². The van der Waals surface area contributed by atoms with Gasteiger partial charge in [0.2, 0.25) is 11.8 Å². The Morgan fingerprint density at radius 2 is 1.73 bits per heavy atom. The number of para-hydroxylation sites is 1. The lowest BCUT2D eigenvalue weighted by Crippen LogP contribution is -2.50. The van der Waals surface area contributed by atoms with Crippen LogP contribution < -0.4 is 15.4 Å². The third kappa shape index (κ3) is 7.45. The molecule has 0 bridgehead atoms. The molecule has 0 aliphatic heterocycles. The fourth-order valence-corrected chi connectivity index (χ4v) is 3.48. The van der Waals surface area contributed by atoms with Gasteiger partial charge >= 0.3 is 0 Å². The highest BCUT2D eigenvalue weighted by atomic mass is 32.2. The van der Waals surface area contributed by atoms with Crippen LogP contribution in [-0.4, -0.2) is 60.9 Å². The molecule has 0 heterocycles. The maximum absolute atomic E-state index is 13.8. The van der Waals surface area contributed by atoms with Gasteiger partial charge < -0.3 is 20.3 Å². The number of hydrogen-bond donors (Lipinski definition) is 2. The normalized spacial score (nSPS) is 11.4. The van der Waals surface area contributed by atoms with E-state index in [4.69, 9.17) is 4.74 Å². The number of methoxy groups -OCH3 is 1. The number of anilines is 1. The van der Waals surface area contributed by atoms with Crippen molar-refractivity contribution in [3.8, 4) is 5.75 Å². The molecule has 0 aromatic heterocycles. The van der Waals surface area contributed by atoms with Gasteiger partial charge in [0.05, 0.1) is 13.7 Å². The molecule has 0 aliphatic carbocycles. The Labute approximate surface area is 195 Å². The van der Waals surface area contributed by atoms with Crippen molar-refractivity contribution >= 4 is 35.2 Å². The van der Waals surface area contributed by atoms with Gasteiger partial charge in [-0.2, -0.15) is 11.8 Å². The van der Waals surface area contributed by atoms with Gasteiger partial charge in [0.15, 0.2) is 0 Å². The Morgan fingerprint density at radius 3 is 2.27 bits per heavy atom. The molecular weight excluding hydrogens is 452 g/mol. The second kappa shape index (κ2) is 12.8. The molecule has 0 aliphatic rings. The quantitative estimate of drug-likeness (QED) is 0.516. The second-order valence-corrected chi connectivity index (χ2v) is 8.02. The highest BCUT2D eigenvalue weighted by molar-refractivity contribution is 7.98. The summed E-state index contributed by atoms with van der Waals surface area (Å²) in [6.45, 7) is 1.42. The van der Waals surface area contributed by atoms with Crippen LogP contribution in [0.15, 0.2) is 42.5 Å². The predicted octanol–water partition coefficient (Wildman–Crippen LogP) is 3.31. The van der Waals surface area contributed by atoms with Crippen LogP contribution in [0.25, 0.3) is 0 Å². The summed E-state index contributed by atoms with van der Waals surface area (Å²) in [7, 11) is 1.52. The van der Waals surface area contributed by atoms with Crippen LogP contribution in [-0.2, 0) is 9.59 Å². The van der Waals surface area contributed by atoms with Crippen molar-refractivity contribution in [1.82, 2.24) is 10.2 Å². The second-order valence-electron chi connectivity index (χ2n) is 7.03. The summed E-state index contributed by atoms with van der Waals surface area (Å²) >= 11 is 1.51. The Bertz CT molecular complexity index is 952. The average Bonchev–Trinajstić information content (AvgIpc) is 2.82. The van der Waals surface area contributed by atoms with Crippen molar-refractivity contribution in [2.45, 2.75) is 19.4 Å². The van der Waals surface area contributed by atoms with Gasteiger partial charge in [-0.25, -0.2) is 8.78 Å². The number of nitrogens with zero attached hydrogens (tertiary/aromatic N) is 1. The molecule has 0 saturated heterocycles. The number of ether oxygens (including phenoxy) is 1. The number of hydrogen-bond acceptors (Lipinski definition) is 5. The van der Waals surface area contributed by atoms with E-state index in [9.17, 15) is 23.2 Å². The minimum Gasteiger partial charge on any atom is -0.497 e. The van der Waals surface area contributed by atoms with E-state index in [0.29, 0.717) is 23.5 Å². The molecule has 0 fully saturated rings. The summed E-state index contributed by atoms with van der Waals surface area (Å²) in [5, 5.41) is 4.90. The van der Waals surface area contributed by atoms with Crippen LogP contribution in [0.3, 0.4) is 0 Å². The Hall–Kier alpha value is -3.14. The topological polar surface area (TPSA) is 87.7 Å². The standard InChI is InChI=1S/C23H27F2N3O4S/c1-4-28(14-20(29)27-21-17(24)6-5-7-18(21)25)23(31)19(12-13-33-3)26-22(30)15-8-10-16(32-2)11-9-15/h5-11,19H,4,12-14H2,1-3H3,(H,26,30)(H,27,29). The van der Waals surface area contributed by atoms with Gasteiger partial charge in [-0.3, -0.25) is 14.4 Å². The van der Waals surface area contributed by atoms with Crippen LogP contribution in [0.4, 0.5) is 14.5 Å². The molecule has 10 heteroatoms. The van der Waals surface area contributed by atoms with Gasteiger partial charge in [-0.1, -0.05) is 6.07 Å². The summed E-state index contributed by atoms with van der Waals surface area (Å²) < 4.78 is 32.7. The maximum Gasteiger partial charge on any atom is 0.251 e. The molecule has 0 radical (unpaired) electrons. The van der Waals surface area contributed by atoms with Gasteiger partial charge in [0.1, 0.15) is 29.1 Å². The SMILES string of the molecule is CCN(CC(=O)Nc1c(F)cccc1F)C(=O)C(CCSC)NC(=O)c1ccc(OC)cc1. The third-order valence-corrected chi connectivity index (χ3v) is 5.47. The molecule has 1 unspecified atom stereocenters. The first-order valence-corrected chi connectivity index (χ1v) is 11.7. The van der Waals surface area contributed by atoms with Crippen LogP contribution in [0.2, 0.25) is 0 Å². The summed E-state index contributed by atoms with van der Waals surface area (Å²) in [6.07, 6.45) is 2.22. The van der Waals surface area contributed by atoms with Crippen LogP contribution in [0.5, 0.6) is 5.75 Å². The zero-order valence-electron chi connectivity index (χ0n) is 18.7. The van der Waals surface area contributed by atoms with E-state index in [0.717, 1.165) is 12.1 Å². The molecule has 1 atom stereocenters. The number of rotatable bonds is 11. The molecule has 0 saturated carbocycles. The Morgan fingerprint density at radius 1 is 1.09 bits per heavy atom. The van der Waals surface area contributed by atoms with Crippen LogP contribution in [0, 0.1) is 11.6 Å². The van der Waals surface area contributed by atoms with E-state index in [1.54, 1.807) is 31.2 Å². The summed E-state index contributed by atoms with van der Waals surface area (Å²) in [5.74, 6) is -2.28. The van der Waals surface area contributed by atoms with Crippen LogP contribution in [0.1, 0.15) is 23.7 Å². The largest absolute Gasteiger partial charge is 0.497 e. The number of benzene rings is 2. The molecule has 2 N–H and O–H groups in total. The van der Waals surface area contributed by atoms with Gasteiger partial charge in [0.25, 0.3) is 5.91 Å². The van der Waals surface area contributed by atoms with Gasteiger partial charge in [0, 0.05) is 12.1 Å². The molecule has 0 spiro atoms. The molecule has 33 heavy (non-hydrogen) atoms. The molecular formula is C23H27F2N3O4S. The third-order valence-electron chi connectivity index (χ3n) is 4.82. The molecule has 178 valence electrons. The molecule has 2 aromatic carbocycles. The van der Waals surface area contributed by atoms with Crippen LogP contribution >= 0.6 is 11.8 Å². The zero-order valence-corrected chi connectivity index (χ0v) is 19.5. The Kier molecular flexibility index (Phi) is 10.1. The lowest BCUT2D eigenvalue weighted by molar-refractivity contribution is -0.136. The van der Waals surface area contributed by atoms with Crippen molar-refractivity contribution in [1.29, 1.82) is 0 Å². The number of likely N-dealkylation sites (N-methyl/N-ethyl adjacent to an activating group) is 1. The van der Waals surface area contributed by atoms with Crippen molar-refractivity contribution in [3.63, 3.8) is 0 Å². The van der Waals surface area contributed by atoms with E-state index < -0.39 is 47.6 Å². The molecule has 3 amide bonds. The Balaban J connectivity index is 2.10. The van der Waals surface area contributed by atoms with E-state index in [-0.39, 0.29) is 6.54 Å². The minimum absolute atomic E-state index is 0.167. The van der Waals surface area contributed by atoms with Gasteiger partial charge in [-0.15, -0.1) is 0 Å². The number of nitrogens with one attached hydrogen (secondary N) is 2. The van der Waals surface area contributed by atoms with Gasteiger partial charge in [-0.05, 0) is 61.8 Å². The maximum atomic E-state index is 13.8. The zero-order chi connectivity index (χ0) is 24.4. The lowest BCUT2D eigenvalue weighted by atomic mass is 10.1. The number of thioether (sulfide) groups is 1. The minimum atomic E-state index is -0.915. The summed E-state index contributed by atoms with van der Waals surface area (Å²) in [6, 6.07) is 8.80. The number of carbonyl (C=O) groups is 3. The average molecular weight is 480 g/mol. The van der Waals surface area contributed by atoms with E-state index in [2.05, 4.69) is 10.6 Å². The fraction of sp³-hybridized carbons (Fsp3) is 0.348. The first-order valence-electron chi connectivity index (χ1n) is 10.3. The lowest BCUT2D eigenvalue weighted by Gasteiger charge is -2.26. The number of carbonyl (C=O) groups excluding carboxylic acids is 3. The first kappa shape index (κ1) is 26.1. The number of amides is 3. The summed E-state index contributed by atoms with van der Waals surface area (Å²) in [4.78, 5) is 39.4. The highest BCUT2D eigenvalue weighted by Crippen LogP contribution is 2.18. The van der Waals surface area contributed by atoms with E-state index in [1.165, 1.54) is 29.8 Å². The first-order chi connectivity index (χ1) is 15.8. The van der Waals surface area contributed by atoms with Crippen molar-refractivity contribution < 1.29 is 27.9 Å². The molecule has 2 aromatic rings. The van der Waals surface area contributed by atoms with E-state index in [1.807, 2.05) is 6.26 Å². The summed E-state index contributed by atoms with van der Waals surface area (Å²) in [5.41, 5.74) is -0.216. The monoisotopic (exact) mass is 479 g/mol. The smallest absolute Gasteiger partial charge is 0.251 e. The highest BCUT2D eigenvalue weighted by Gasteiger charge is 2.27. The molecule has 7 nitrogen and oxygen atoms in total. The van der Waals surface area contributed by atoms with Crippen molar-refractivity contribution in [3.05, 3.63) is 59.7 Å². The number of halogens is 2. The fourth-order valence-electron chi connectivity index (χ4n) is 3.01. The molecule has 2 rings (SSSR count). The van der Waals surface area contributed by atoms with E-state index >= 15 is 0 Å². The van der Waals surface area contributed by atoms with Crippen molar-refractivity contribution in [2.24, 2.45) is 0 Å². The predicted molar refractivity (Wildman–Crippen MR) is 124 cm³/mol.